The molecule has 8 heteroatoms. The number of halogens is 1. The van der Waals surface area contributed by atoms with Gasteiger partial charge in [-0.2, -0.15) is 0 Å². The van der Waals surface area contributed by atoms with Crippen LogP contribution in [0.4, 0.5) is 0 Å². The molecule has 1 aliphatic heterocycles. The number of hydrogen-bond donors (Lipinski definition) is 1. The van der Waals surface area contributed by atoms with Crippen LogP contribution >= 0.6 is 35.6 Å². The van der Waals surface area contributed by atoms with E-state index in [1.807, 2.05) is 32.9 Å². The summed E-state index contributed by atoms with van der Waals surface area (Å²) in [6, 6.07) is 9.69. The number of hydrogen-bond acceptors (Lipinski definition) is 6. The van der Waals surface area contributed by atoms with Crippen molar-refractivity contribution in [2.45, 2.75) is 27.2 Å². The predicted octanol–water partition coefficient (Wildman–Crippen LogP) is 5.69. The van der Waals surface area contributed by atoms with Gasteiger partial charge in [-0.25, -0.2) is 0 Å². The van der Waals surface area contributed by atoms with Crippen LogP contribution in [0.1, 0.15) is 30.0 Å². The third-order valence-electron chi connectivity index (χ3n) is 4.41. The number of thiocarbonyl (C=S) groups is 1. The average molecular weight is 478 g/mol. The highest BCUT2D eigenvalue weighted by Gasteiger charge is 2.22. The molecule has 0 spiro atoms. The van der Waals surface area contributed by atoms with Gasteiger partial charge >= 0.3 is 0 Å². The minimum absolute atomic E-state index is 0.215. The largest absolute Gasteiger partial charge is 0.493 e. The zero-order valence-electron chi connectivity index (χ0n) is 17.6. The van der Waals surface area contributed by atoms with Crippen molar-refractivity contribution < 1.29 is 19.0 Å². The van der Waals surface area contributed by atoms with Gasteiger partial charge < -0.3 is 19.5 Å². The lowest BCUT2D eigenvalue weighted by Gasteiger charge is -2.15. The molecule has 0 atom stereocenters. The molecular weight excluding hydrogens is 454 g/mol. The quantitative estimate of drug-likeness (QED) is 0.284. The van der Waals surface area contributed by atoms with E-state index in [-0.39, 0.29) is 5.91 Å². The van der Waals surface area contributed by atoms with Gasteiger partial charge in [0.2, 0.25) is 0 Å². The van der Waals surface area contributed by atoms with E-state index in [2.05, 4.69) is 11.4 Å². The Morgan fingerprint density at radius 1 is 1.10 bits per heavy atom. The fourth-order valence-electron chi connectivity index (χ4n) is 2.92. The Bertz CT molecular complexity index is 1020. The molecule has 1 fully saturated rings. The first kappa shape index (κ1) is 23.4. The molecule has 3 rings (SSSR count). The Morgan fingerprint density at radius 2 is 1.87 bits per heavy atom. The van der Waals surface area contributed by atoms with Gasteiger partial charge in [0.1, 0.15) is 10.1 Å². The maximum absolute atomic E-state index is 11.9. The predicted molar refractivity (Wildman–Crippen MR) is 130 cm³/mol. The molecule has 0 unspecified atom stereocenters. The second kappa shape index (κ2) is 10.9. The first-order valence-electron chi connectivity index (χ1n) is 9.91. The molecule has 164 valence electrons. The SMILES string of the molecule is CCOc1cc(/C=C2/SC(=S)NC2=O)cc(Cl)c1OCCCOc1cc(C)ccc1C. The number of carbonyl (C=O) groups excluding carboxylic acids is 1. The molecule has 1 heterocycles. The van der Waals surface area contributed by atoms with Gasteiger partial charge in [-0.3, -0.25) is 4.79 Å². The van der Waals surface area contributed by atoms with E-state index >= 15 is 0 Å². The van der Waals surface area contributed by atoms with Crippen molar-refractivity contribution in [3.63, 3.8) is 0 Å². The summed E-state index contributed by atoms with van der Waals surface area (Å²) in [5, 5.41) is 3.01. The van der Waals surface area contributed by atoms with Crippen LogP contribution in [0.2, 0.25) is 5.02 Å². The highest BCUT2D eigenvalue weighted by atomic mass is 35.5. The highest BCUT2D eigenvalue weighted by molar-refractivity contribution is 8.26. The van der Waals surface area contributed by atoms with Crippen LogP contribution in [-0.2, 0) is 4.79 Å². The van der Waals surface area contributed by atoms with Gasteiger partial charge in [0.05, 0.1) is 29.7 Å². The molecule has 31 heavy (non-hydrogen) atoms. The fourth-order valence-corrected chi connectivity index (χ4v) is 4.24. The van der Waals surface area contributed by atoms with E-state index in [9.17, 15) is 4.79 Å². The standard InChI is InChI=1S/C23H24ClNO4S2/c1-4-27-19-12-16(13-20-22(26)25-23(30)31-20)11-17(24)21(19)29-9-5-8-28-18-10-14(2)6-7-15(18)3/h6-7,10-13H,4-5,8-9H2,1-3H3,(H,25,26,30)/b20-13+. The number of ether oxygens (including phenoxy) is 3. The van der Waals surface area contributed by atoms with E-state index < -0.39 is 0 Å². The van der Waals surface area contributed by atoms with Crippen LogP contribution in [-0.4, -0.2) is 30.0 Å². The van der Waals surface area contributed by atoms with Crippen LogP contribution < -0.4 is 19.5 Å². The number of nitrogens with one attached hydrogen (secondary N) is 1. The number of aryl methyl sites for hydroxylation is 2. The summed E-state index contributed by atoms with van der Waals surface area (Å²) in [5.41, 5.74) is 3.00. The van der Waals surface area contributed by atoms with Crippen molar-refractivity contribution in [1.82, 2.24) is 5.32 Å². The minimum atomic E-state index is -0.215. The van der Waals surface area contributed by atoms with E-state index in [1.165, 1.54) is 11.8 Å². The zero-order valence-corrected chi connectivity index (χ0v) is 20.0. The Hall–Kier alpha value is -2.22. The van der Waals surface area contributed by atoms with E-state index in [0.717, 1.165) is 22.4 Å². The van der Waals surface area contributed by atoms with E-state index in [4.69, 9.17) is 38.0 Å². The summed E-state index contributed by atoms with van der Waals surface area (Å²) in [5.74, 6) is 1.69. The van der Waals surface area contributed by atoms with Crippen LogP contribution in [0, 0.1) is 13.8 Å². The lowest BCUT2D eigenvalue weighted by atomic mass is 10.1. The Morgan fingerprint density at radius 3 is 2.58 bits per heavy atom. The van der Waals surface area contributed by atoms with Gasteiger partial charge in [-0.15, -0.1) is 0 Å². The first-order chi connectivity index (χ1) is 14.9. The monoisotopic (exact) mass is 477 g/mol. The van der Waals surface area contributed by atoms with Gasteiger partial charge in [-0.1, -0.05) is 47.7 Å². The van der Waals surface area contributed by atoms with Crippen molar-refractivity contribution >= 4 is 51.9 Å². The topological polar surface area (TPSA) is 56.8 Å². The molecule has 1 amide bonds. The van der Waals surface area contributed by atoms with Crippen molar-refractivity contribution in [3.05, 3.63) is 56.9 Å². The average Bonchev–Trinajstić information content (AvgIpc) is 3.02. The van der Waals surface area contributed by atoms with Crippen molar-refractivity contribution in [2.75, 3.05) is 19.8 Å². The number of benzene rings is 2. The Kier molecular flexibility index (Phi) is 8.23. The molecule has 0 aliphatic carbocycles. The van der Waals surface area contributed by atoms with E-state index in [0.29, 0.717) is 52.0 Å². The molecule has 1 N–H and O–H groups in total. The first-order valence-corrected chi connectivity index (χ1v) is 11.5. The number of rotatable bonds is 9. The third kappa shape index (κ3) is 6.38. The molecule has 0 bridgehead atoms. The Labute approximate surface area is 197 Å². The summed E-state index contributed by atoms with van der Waals surface area (Å²) < 4.78 is 17.9. The van der Waals surface area contributed by atoms with Crippen LogP contribution in [0.15, 0.2) is 35.2 Å². The summed E-state index contributed by atoms with van der Waals surface area (Å²) in [4.78, 5) is 12.4. The second-order valence-electron chi connectivity index (χ2n) is 6.93. The summed E-state index contributed by atoms with van der Waals surface area (Å²) in [6.45, 7) is 7.37. The lowest BCUT2D eigenvalue weighted by molar-refractivity contribution is -0.115. The third-order valence-corrected chi connectivity index (χ3v) is 5.85. The summed E-state index contributed by atoms with van der Waals surface area (Å²) >= 11 is 12.7. The molecule has 1 saturated heterocycles. The van der Waals surface area contributed by atoms with Gasteiger partial charge in [0.25, 0.3) is 5.91 Å². The van der Waals surface area contributed by atoms with Crippen molar-refractivity contribution in [2.24, 2.45) is 0 Å². The van der Waals surface area contributed by atoms with Gasteiger partial charge in [-0.05, 0) is 61.7 Å². The second-order valence-corrected chi connectivity index (χ2v) is 9.06. The smallest absolute Gasteiger partial charge is 0.263 e. The molecular formula is C23H24ClNO4S2. The maximum Gasteiger partial charge on any atom is 0.263 e. The lowest BCUT2D eigenvalue weighted by Crippen LogP contribution is -2.17. The normalized spacial score (nSPS) is 14.6. The molecule has 5 nitrogen and oxygen atoms in total. The molecule has 0 aromatic heterocycles. The minimum Gasteiger partial charge on any atom is -0.493 e. The molecule has 2 aromatic carbocycles. The van der Waals surface area contributed by atoms with Crippen LogP contribution in [0.25, 0.3) is 6.08 Å². The number of thioether (sulfide) groups is 1. The van der Waals surface area contributed by atoms with Crippen LogP contribution in [0.5, 0.6) is 17.2 Å². The zero-order chi connectivity index (χ0) is 22.4. The van der Waals surface area contributed by atoms with Crippen molar-refractivity contribution in [3.8, 4) is 17.2 Å². The molecule has 0 saturated carbocycles. The molecule has 1 aliphatic rings. The number of carbonyl (C=O) groups is 1. The Balaban J connectivity index is 1.64. The van der Waals surface area contributed by atoms with Crippen LogP contribution in [0.3, 0.4) is 0 Å². The summed E-state index contributed by atoms with van der Waals surface area (Å²) in [6.07, 6.45) is 2.42. The highest BCUT2D eigenvalue weighted by Crippen LogP contribution is 2.38. The van der Waals surface area contributed by atoms with E-state index in [1.54, 1.807) is 18.2 Å². The van der Waals surface area contributed by atoms with Gasteiger partial charge in [0, 0.05) is 6.42 Å². The molecule has 0 radical (unpaired) electrons. The molecule has 2 aromatic rings. The summed E-state index contributed by atoms with van der Waals surface area (Å²) in [7, 11) is 0. The fraction of sp³-hybridized carbons (Fsp3) is 0.304. The van der Waals surface area contributed by atoms with Crippen molar-refractivity contribution in [1.29, 1.82) is 0 Å². The van der Waals surface area contributed by atoms with Gasteiger partial charge in [0.15, 0.2) is 11.5 Å². The maximum atomic E-state index is 11.9. The number of amides is 1.